The van der Waals surface area contributed by atoms with E-state index in [2.05, 4.69) is 35.2 Å². The second-order valence-electron chi connectivity index (χ2n) is 5.04. The van der Waals surface area contributed by atoms with Crippen molar-refractivity contribution in [1.29, 1.82) is 0 Å². The van der Waals surface area contributed by atoms with Gasteiger partial charge in [0.05, 0.1) is 17.8 Å². The van der Waals surface area contributed by atoms with Crippen molar-refractivity contribution in [1.82, 2.24) is 9.78 Å². The number of rotatable bonds is 3. The summed E-state index contributed by atoms with van der Waals surface area (Å²) in [6.45, 7) is 0.755. The van der Waals surface area contributed by atoms with Crippen LogP contribution in [0.3, 0.4) is 0 Å². The molecule has 1 aromatic heterocycles. The zero-order chi connectivity index (χ0) is 14.1. The Bertz CT molecular complexity index is 745. The van der Waals surface area contributed by atoms with Crippen molar-refractivity contribution in [3.8, 4) is 0 Å². The van der Waals surface area contributed by atoms with Gasteiger partial charge in [-0.05, 0) is 24.3 Å². The molecule has 102 valence electrons. The van der Waals surface area contributed by atoms with E-state index < -0.39 is 0 Å². The molecule has 0 amide bonds. The molecule has 4 nitrogen and oxygen atoms in total. The maximum atomic E-state index is 5.84. The molecular weight excluding hydrogens is 248 g/mol. The molecule has 0 radical (unpaired) electrons. The van der Waals surface area contributed by atoms with E-state index in [4.69, 9.17) is 5.73 Å². The normalized spacial score (nSPS) is 10.9. The van der Waals surface area contributed by atoms with Crippen LogP contribution in [0.5, 0.6) is 0 Å². The van der Waals surface area contributed by atoms with Crippen LogP contribution in [0.4, 0.5) is 11.4 Å². The topological polar surface area (TPSA) is 47.1 Å². The van der Waals surface area contributed by atoms with Gasteiger partial charge in [0.2, 0.25) is 0 Å². The summed E-state index contributed by atoms with van der Waals surface area (Å²) in [4.78, 5) is 2.16. The number of nitrogen functional groups attached to an aromatic ring is 1. The molecule has 2 N–H and O–H groups in total. The third-order valence-corrected chi connectivity index (χ3v) is 3.53. The molecule has 0 saturated carbocycles. The van der Waals surface area contributed by atoms with Crippen molar-refractivity contribution in [3.63, 3.8) is 0 Å². The molecule has 4 heteroatoms. The Balaban J connectivity index is 1.93. The molecule has 0 saturated heterocycles. The highest BCUT2D eigenvalue weighted by atomic mass is 15.3. The van der Waals surface area contributed by atoms with Gasteiger partial charge in [-0.3, -0.25) is 4.68 Å². The first-order chi connectivity index (χ1) is 9.65. The molecule has 20 heavy (non-hydrogen) atoms. The highest BCUT2D eigenvalue weighted by Crippen LogP contribution is 2.22. The number of fused-ring (bicyclic) bond motifs is 1. The van der Waals surface area contributed by atoms with E-state index in [-0.39, 0.29) is 0 Å². The second kappa shape index (κ2) is 4.89. The Morgan fingerprint density at radius 3 is 2.75 bits per heavy atom. The van der Waals surface area contributed by atoms with Crippen molar-refractivity contribution in [2.45, 2.75) is 6.54 Å². The first kappa shape index (κ1) is 12.5. The van der Waals surface area contributed by atoms with Gasteiger partial charge < -0.3 is 10.6 Å². The van der Waals surface area contributed by atoms with Gasteiger partial charge in [-0.2, -0.15) is 5.10 Å². The molecule has 0 atom stereocenters. The van der Waals surface area contributed by atoms with Crippen LogP contribution in [-0.2, 0) is 13.6 Å². The van der Waals surface area contributed by atoms with Gasteiger partial charge >= 0.3 is 0 Å². The highest BCUT2D eigenvalue weighted by Gasteiger charge is 2.10. The lowest BCUT2D eigenvalue weighted by atomic mass is 10.2. The van der Waals surface area contributed by atoms with E-state index in [1.807, 2.05) is 42.1 Å². The molecule has 0 unspecified atom stereocenters. The summed E-state index contributed by atoms with van der Waals surface area (Å²) in [6, 6.07) is 16.2. The Kier molecular flexibility index (Phi) is 3.06. The van der Waals surface area contributed by atoms with Gasteiger partial charge in [-0.1, -0.05) is 24.3 Å². The Morgan fingerprint density at radius 1 is 1.15 bits per heavy atom. The van der Waals surface area contributed by atoms with E-state index in [9.17, 15) is 0 Å². The summed E-state index contributed by atoms with van der Waals surface area (Å²) in [7, 11) is 4.03. The van der Waals surface area contributed by atoms with Crippen LogP contribution in [0, 0.1) is 0 Å². The highest BCUT2D eigenvalue weighted by molar-refractivity contribution is 5.82. The van der Waals surface area contributed by atoms with Crippen molar-refractivity contribution in [2.75, 3.05) is 17.7 Å². The molecule has 0 spiro atoms. The van der Waals surface area contributed by atoms with E-state index in [1.165, 1.54) is 5.39 Å². The third-order valence-electron chi connectivity index (χ3n) is 3.53. The van der Waals surface area contributed by atoms with Crippen molar-refractivity contribution in [2.24, 2.45) is 7.05 Å². The molecule has 0 fully saturated rings. The van der Waals surface area contributed by atoms with E-state index in [1.54, 1.807) is 0 Å². The molecular formula is C16H18N4. The minimum atomic E-state index is 0.755. The SMILES string of the molecule is CN(Cc1nn(C)c2ccccc12)c1cccc(N)c1. The van der Waals surface area contributed by atoms with Crippen LogP contribution >= 0.6 is 0 Å². The predicted octanol–water partition coefficient (Wildman–Crippen LogP) is 2.79. The zero-order valence-electron chi connectivity index (χ0n) is 11.7. The van der Waals surface area contributed by atoms with Crippen molar-refractivity contribution < 1.29 is 0 Å². The molecule has 2 aromatic carbocycles. The van der Waals surface area contributed by atoms with Gasteiger partial charge in [0, 0.05) is 30.9 Å². The van der Waals surface area contributed by atoms with Crippen LogP contribution in [0.25, 0.3) is 10.9 Å². The van der Waals surface area contributed by atoms with Gasteiger partial charge in [0.15, 0.2) is 0 Å². The molecule has 3 rings (SSSR count). The Hall–Kier alpha value is -2.49. The maximum absolute atomic E-state index is 5.84. The number of para-hydroxylation sites is 1. The summed E-state index contributed by atoms with van der Waals surface area (Å²) in [6.07, 6.45) is 0. The smallest absolute Gasteiger partial charge is 0.0896 e. The number of hydrogen-bond acceptors (Lipinski definition) is 3. The number of nitrogens with two attached hydrogens (primary N) is 1. The fraction of sp³-hybridized carbons (Fsp3) is 0.188. The lowest BCUT2D eigenvalue weighted by Crippen LogP contribution is -2.17. The first-order valence-electron chi connectivity index (χ1n) is 6.62. The fourth-order valence-corrected chi connectivity index (χ4v) is 2.48. The Morgan fingerprint density at radius 2 is 1.95 bits per heavy atom. The average molecular weight is 266 g/mol. The van der Waals surface area contributed by atoms with Crippen molar-refractivity contribution >= 4 is 22.3 Å². The number of anilines is 2. The number of aromatic nitrogens is 2. The summed E-state index contributed by atoms with van der Waals surface area (Å²) >= 11 is 0. The first-order valence-corrected chi connectivity index (χ1v) is 6.62. The lowest BCUT2D eigenvalue weighted by Gasteiger charge is -2.18. The molecule has 3 aromatic rings. The number of hydrogen-bond donors (Lipinski definition) is 1. The summed E-state index contributed by atoms with van der Waals surface area (Å²) in [5, 5.41) is 5.82. The Labute approximate surface area is 118 Å². The lowest BCUT2D eigenvalue weighted by molar-refractivity contribution is 0.754. The summed E-state index contributed by atoms with van der Waals surface area (Å²) in [5.41, 5.74) is 9.95. The molecule has 0 aliphatic carbocycles. The van der Waals surface area contributed by atoms with Crippen LogP contribution < -0.4 is 10.6 Å². The molecule has 1 heterocycles. The number of aryl methyl sites for hydroxylation is 1. The van der Waals surface area contributed by atoms with E-state index in [0.29, 0.717) is 0 Å². The predicted molar refractivity (Wildman–Crippen MR) is 83.7 cm³/mol. The van der Waals surface area contributed by atoms with E-state index >= 15 is 0 Å². The molecule has 0 aliphatic heterocycles. The van der Waals surface area contributed by atoms with Crippen LogP contribution in [-0.4, -0.2) is 16.8 Å². The fourth-order valence-electron chi connectivity index (χ4n) is 2.48. The average Bonchev–Trinajstić information content (AvgIpc) is 2.76. The standard InChI is InChI=1S/C16H18N4/c1-19(13-7-5-6-12(17)10-13)11-15-14-8-3-4-9-16(14)20(2)18-15/h3-10H,11,17H2,1-2H3. The van der Waals surface area contributed by atoms with E-state index in [0.717, 1.165) is 29.1 Å². The van der Waals surface area contributed by atoms with Gasteiger partial charge in [0.25, 0.3) is 0 Å². The zero-order valence-corrected chi connectivity index (χ0v) is 11.7. The molecule has 0 aliphatic rings. The van der Waals surface area contributed by atoms with Gasteiger partial charge in [0.1, 0.15) is 0 Å². The van der Waals surface area contributed by atoms with Crippen LogP contribution in [0.15, 0.2) is 48.5 Å². The summed E-state index contributed by atoms with van der Waals surface area (Å²) < 4.78 is 1.93. The summed E-state index contributed by atoms with van der Waals surface area (Å²) in [5.74, 6) is 0. The van der Waals surface area contributed by atoms with Crippen molar-refractivity contribution in [3.05, 3.63) is 54.2 Å². The molecule has 0 bridgehead atoms. The monoisotopic (exact) mass is 266 g/mol. The quantitative estimate of drug-likeness (QED) is 0.741. The minimum Gasteiger partial charge on any atom is -0.399 e. The second-order valence-corrected chi connectivity index (χ2v) is 5.04. The minimum absolute atomic E-state index is 0.755. The number of nitrogens with zero attached hydrogens (tertiary/aromatic N) is 3. The van der Waals surface area contributed by atoms with Crippen LogP contribution in [0.2, 0.25) is 0 Å². The largest absolute Gasteiger partial charge is 0.399 e. The van der Waals surface area contributed by atoms with Crippen LogP contribution in [0.1, 0.15) is 5.69 Å². The number of benzene rings is 2. The van der Waals surface area contributed by atoms with Gasteiger partial charge in [-0.25, -0.2) is 0 Å². The third kappa shape index (κ3) is 2.20. The maximum Gasteiger partial charge on any atom is 0.0896 e. The van der Waals surface area contributed by atoms with Gasteiger partial charge in [-0.15, -0.1) is 0 Å².